The second-order valence-corrected chi connectivity index (χ2v) is 5.85. The van der Waals surface area contributed by atoms with Gasteiger partial charge in [-0.25, -0.2) is 0 Å². The Balaban J connectivity index is 0.00000208. The number of aryl methyl sites for hydroxylation is 2. The quantitative estimate of drug-likeness (QED) is 0.834. The molecule has 2 heterocycles. The van der Waals surface area contributed by atoms with E-state index in [2.05, 4.69) is 15.8 Å². The zero-order valence-electron chi connectivity index (χ0n) is 13.8. The van der Waals surface area contributed by atoms with Gasteiger partial charge in [0.15, 0.2) is 0 Å². The van der Waals surface area contributed by atoms with Crippen LogP contribution in [0.3, 0.4) is 0 Å². The van der Waals surface area contributed by atoms with Crippen molar-refractivity contribution in [1.29, 1.82) is 0 Å². The van der Waals surface area contributed by atoms with Crippen molar-refractivity contribution in [1.82, 2.24) is 15.8 Å². The molecule has 1 aromatic heterocycles. The highest BCUT2D eigenvalue weighted by Crippen LogP contribution is 2.18. The lowest BCUT2D eigenvalue weighted by Gasteiger charge is -2.27. The first-order valence-electron chi connectivity index (χ1n) is 7.77. The van der Waals surface area contributed by atoms with E-state index in [-0.39, 0.29) is 18.3 Å². The van der Waals surface area contributed by atoms with Crippen molar-refractivity contribution in [3.05, 3.63) is 46.8 Å². The third-order valence-electron chi connectivity index (χ3n) is 4.08. The number of amides is 1. The molecule has 0 unspecified atom stereocenters. The fourth-order valence-corrected chi connectivity index (χ4v) is 2.42. The number of aromatic nitrogens is 1. The molecule has 1 aliphatic heterocycles. The summed E-state index contributed by atoms with van der Waals surface area (Å²) in [5.74, 6) is 1.88. The third kappa shape index (κ3) is 4.27. The topological polar surface area (TPSA) is 76.4 Å². The van der Waals surface area contributed by atoms with Gasteiger partial charge in [0, 0.05) is 31.1 Å². The Morgan fingerprint density at radius 2 is 2.21 bits per heavy atom. The number of carbonyl (C=O) groups excluding carboxylic acids is 1. The summed E-state index contributed by atoms with van der Waals surface area (Å²) in [6.07, 6.45) is 0. The first kappa shape index (κ1) is 18.3. The zero-order valence-corrected chi connectivity index (χ0v) is 14.6. The van der Waals surface area contributed by atoms with Crippen molar-refractivity contribution in [2.45, 2.75) is 20.5 Å². The molecule has 1 amide bonds. The van der Waals surface area contributed by atoms with Gasteiger partial charge in [-0.3, -0.25) is 4.79 Å². The predicted octanol–water partition coefficient (Wildman–Crippen LogP) is 2.24. The van der Waals surface area contributed by atoms with E-state index in [0.29, 0.717) is 30.4 Å². The molecule has 0 aliphatic carbocycles. The minimum atomic E-state index is -0.0697. The monoisotopic (exact) mass is 351 g/mol. The van der Waals surface area contributed by atoms with E-state index in [4.69, 9.17) is 9.26 Å². The van der Waals surface area contributed by atoms with Crippen LogP contribution in [0.15, 0.2) is 28.8 Å². The van der Waals surface area contributed by atoms with Crippen LogP contribution >= 0.6 is 12.4 Å². The molecule has 6 nitrogen and oxygen atoms in total. The molecule has 1 fully saturated rings. The minimum Gasteiger partial charge on any atom is -0.489 e. The van der Waals surface area contributed by atoms with Crippen LogP contribution in [-0.2, 0) is 6.61 Å². The molecule has 2 N–H and O–H groups in total. The van der Waals surface area contributed by atoms with E-state index < -0.39 is 0 Å². The summed E-state index contributed by atoms with van der Waals surface area (Å²) in [7, 11) is 0. The Morgan fingerprint density at radius 1 is 1.42 bits per heavy atom. The van der Waals surface area contributed by atoms with Crippen molar-refractivity contribution in [2.75, 3.05) is 19.6 Å². The van der Waals surface area contributed by atoms with Crippen LogP contribution in [0.25, 0.3) is 0 Å². The Hall–Kier alpha value is -2.05. The highest BCUT2D eigenvalue weighted by Gasteiger charge is 2.17. The first-order valence-corrected chi connectivity index (χ1v) is 7.77. The van der Waals surface area contributed by atoms with Gasteiger partial charge in [-0.05, 0) is 32.0 Å². The average Bonchev–Trinajstić information content (AvgIpc) is 2.82. The normalized spacial score (nSPS) is 13.8. The lowest BCUT2D eigenvalue weighted by molar-refractivity contribution is 0.0941. The maximum absolute atomic E-state index is 12.2. The summed E-state index contributed by atoms with van der Waals surface area (Å²) in [6, 6.07) is 7.21. The highest BCUT2D eigenvalue weighted by molar-refractivity contribution is 5.94. The van der Waals surface area contributed by atoms with E-state index in [1.165, 1.54) is 0 Å². The molecule has 1 saturated heterocycles. The molecule has 0 bridgehead atoms. The summed E-state index contributed by atoms with van der Waals surface area (Å²) >= 11 is 0. The van der Waals surface area contributed by atoms with Gasteiger partial charge < -0.3 is 19.9 Å². The van der Waals surface area contributed by atoms with Crippen LogP contribution < -0.4 is 15.4 Å². The second-order valence-electron chi connectivity index (χ2n) is 5.85. The van der Waals surface area contributed by atoms with Crippen molar-refractivity contribution in [2.24, 2.45) is 5.92 Å². The fourth-order valence-electron chi connectivity index (χ4n) is 2.42. The number of nitrogens with one attached hydrogen (secondary N) is 2. The van der Waals surface area contributed by atoms with E-state index in [9.17, 15) is 4.79 Å². The van der Waals surface area contributed by atoms with Gasteiger partial charge in [-0.2, -0.15) is 0 Å². The van der Waals surface area contributed by atoms with Crippen LogP contribution in [0.4, 0.5) is 0 Å². The third-order valence-corrected chi connectivity index (χ3v) is 4.08. The number of hydrogen-bond donors (Lipinski definition) is 2. The summed E-state index contributed by atoms with van der Waals surface area (Å²) in [4.78, 5) is 12.2. The molecule has 0 spiro atoms. The lowest BCUT2D eigenvalue weighted by atomic mass is 10.0. The number of rotatable bonds is 6. The number of halogens is 1. The molecule has 7 heteroatoms. The molecular formula is C17H22ClN3O3. The maximum atomic E-state index is 12.2. The molecule has 24 heavy (non-hydrogen) atoms. The number of carbonyl (C=O) groups is 1. The molecule has 2 aromatic rings. The zero-order chi connectivity index (χ0) is 16.2. The SMILES string of the molecule is Cc1noc(C)c1COc1cccc(C(=O)NCC2CNC2)c1.Cl. The van der Waals surface area contributed by atoms with E-state index in [1.807, 2.05) is 26.0 Å². The Labute approximate surface area is 147 Å². The van der Waals surface area contributed by atoms with Gasteiger partial charge in [0.05, 0.1) is 11.3 Å². The Kier molecular flexibility index (Phi) is 6.23. The first-order chi connectivity index (χ1) is 11.1. The Bertz CT molecular complexity index is 679. The number of hydrogen-bond acceptors (Lipinski definition) is 5. The number of benzene rings is 1. The van der Waals surface area contributed by atoms with E-state index in [1.54, 1.807) is 12.1 Å². The van der Waals surface area contributed by atoms with Crippen molar-refractivity contribution < 1.29 is 14.1 Å². The van der Waals surface area contributed by atoms with E-state index >= 15 is 0 Å². The van der Waals surface area contributed by atoms with Gasteiger partial charge in [0.25, 0.3) is 5.91 Å². The standard InChI is InChI=1S/C17H21N3O3.ClH/c1-11-16(12(2)23-20-11)10-22-15-5-3-4-14(6-15)17(21)19-9-13-7-18-8-13;/h3-6,13,18H,7-10H2,1-2H3,(H,19,21);1H. The van der Waals surface area contributed by atoms with Crippen molar-refractivity contribution in [3.8, 4) is 5.75 Å². The average molecular weight is 352 g/mol. The van der Waals surface area contributed by atoms with Crippen molar-refractivity contribution >= 4 is 18.3 Å². The van der Waals surface area contributed by atoms with E-state index in [0.717, 1.165) is 30.1 Å². The van der Waals surface area contributed by atoms with Gasteiger partial charge in [0.1, 0.15) is 18.1 Å². The summed E-state index contributed by atoms with van der Waals surface area (Å²) < 4.78 is 10.9. The molecular weight excluding hydrogens is 330 g/mol. The van der Waals surface area contributed by atoms with Crippen LogP contribution in [0.5, 0.6) is 5.75 Å². The molecule has 3 rings (SSSR count). The largest absolute Gasteiger partial charge is 0.489 e. The second kappa shape index (κ2) is 8.17. The molecule has 1 aromatic carbocycles. The Morgan fingerprint density at radius 3 is 2.83 bits per heavy atom. The summed E-state index contributed by atoms with van der Waals surface area (Å²) in [6.45, 7) is 6.77. The van der Waals surface area contributed by atoms with Crippen LogP contribution in [-0.4, -0.2) is 30.7 Å². The number of nitrogens with zero attached hydrogens (tertiary/aromatic N) is 1. The van der Waals surface area contributed by atoms with Crippen LogP contribution in [0.2, 0.25) is 0 Å². The maximum Gasteiger partial charge on any atom is 0.251 e. The van der Waals surface area contributed by atoms with Gasteiger partial charge in [0.2, 0.25) is 0 Å². The molecule has 0 saturated carbocycles. The minimum absolute atomic E-state index is 0. The van der Waals surface area contributed by atoms with Crippen molar-refractivity contribution in [3.63, 3.8) is 0 Å². The van der Waals surface area contributed by atoms with Crippen LogP contribution in [0, 0.1) is 19.8 Å². The van der Waals surface area contributed by atoms with Crippen LogP contribution in [0.1, 0.15) is 27.4 Å². The van der Waals surface area contributed by atoms with Gasteiger partial charge in [-0.1, -0.05) is 11.2 Å². The molecule has 130 valence electrons. The predicted molar refractivity (Wildman–Crippen MR) is 92.7 cm³/mol. The lowest BCUT2D eigenvalue weighted by Crippen LogP contribution is -2.48. The highest BCUT2D eigenvalue weighted by atomic mass is 35.5. The smallest absolute Gasteiger partial charge is 0.251 e. The van der Waals surface area contributed by atoms with Gasteiger partial charge in [-0.15, -0.1) is 12.4 Å². The molecule has 0 atom stereocenters. The van der Waals surface area contributed by atoms with Gasteiger partial charge >= 0.3 is 0 Å². The summed E-state index contributed by atoms with van der Waals surface area (Å²) in [5, 5.41) is 10.0. The number of ether oxygens (including phenoxy) is 1. The molecule has 0 radical (unpaired) electrons. The summed E-state index contributed by atoms with van der Waals surface area (Å²) in [5.41, 5.74) is 2.37. The molecule has 1 aliphatic rings. The fraction of sp³-hybridized carbons (Fsp3) is 0.412.